The van der Waals surface area contributed by atoms with Crippen molar-refractivity contribution < 1.29 is 17.9 Å². The van der Waals surface area contributed by atoms with Crippen LogP contribution in [0.15, 0.2) is 35.2 Å². The lowest BCUT2D eigenvalue weighted by Gasteiger charge is -2.41. The smallest absolute Gasteiger partial charge is 0.196 e. The summed E-state index contributed by atoms with van der Waals surface area (Å²) in [5.74, 6) is 1.33. The SMILES string of the molecule is COc1cc2c(cc1OC)CN(C(C1CCNCC1)S(=O)(=O)c1cc(Cl)ccc1Cl)CC2. The Kier molecular flexibility index (Phi) is 7.22. The zero-order valence-electron chi connectivity index (χ0n) is 18.2. The van der Waals surface area contributed by atoms with Gasteiger partial charge in [-0.15, -0.1) is 0 Å². The maximum Gasteiger partial charge on any atom is 0.196 e. The Morgan fingerprint density at radius 2 is 1.69 bits per heavy atom. The number of ether oxygens (including phenoxy) is 2. The number of halogens is 2. The molecular weight excluding hydrogens is 471 g/mol. The highest BCUT2D eigenvalue weighted by Gasteiger charge is 2.41. The molecule has 2 aromatic carbocycles. The summed E-state index contributed by atoms with van der Waals surface area (Å²) in [5.41, 5.74) is 2.21. The van der Waals surface area contributed by atoms with E-state index in [9.17, 15) is 8.42 Å². The Morgan fingerprint density at radius 1 is 1.03 bits per heavy atom. The van der Waals surface area contributed by atoms with Gasteiger partial charge in [0.2, 0.25) is 0 Å². The molecule has 6 nitrogen and oxygen atoms in total. The van der Waals surface area contributed by atoms with E-state index in [1.807, 2.05) is 12.1 Å². The van der Waals surface area contributed by atoms with Crippen LogP contribution in [0.4, 0.5) is 0 Å². The lowest BCUT2D eigenvalue weighted by atomic mass is 9.94. The number of benzene rings is 2. The number of rotatable bonds is 6. The van der Waals surface area contributed by atoms with Crippen LogP contribution < -0.4 is 14.8 Å². The van der Waals surface area contributed by atoms with Gasteiger partial charge in [0, 0.05) is 18.1 Å². The molecule has 174 valence electrons. The number of sulfone groups is 1. The van der Waals surface area contributed by atoms with Crippen LogP contribution in [0.1, 0.15) is 24.0 Å². The minimum atomic E-state index is -3.76. The molecule has 0 radical (unpaired) electrons. The molecule has 0 spiro atoms. The van der Waals surface area contributed by atoms with Gasteiger partial charge in [-0.05, 0) is 79.7 Å². The van der Waals surface area contributed by atoms with Crippen molar-refractivity contribution in [3.05, 3.63) is 51.5 Å². The van der Waals surface area contributed by atoms with Crippen molar-refractivity contribution >= 4 is 33.0 Å². The minimum Gasteiger partial charge on any atom is -0.493 e. The fourth-order valence-electron chi connectivity index (χ4n) is 4.82. The average Bonchev–Trinajstić information content (AvgIpc) is 2.80. The molecule has 1 N–H and O–H groups in total. The Hall–Kier alpha value is -1.51. The summed E-state index contributed by atoms with van der Waals surface area (Å²) >= 11 is 12.5. The molecule has 2 aromatic rings. The zero-order valence-corrected chi connectivity index (χ0v) is 20.6. The van der Waals surface area contributed by atoms with Crippen LogP contribution in [0.25, 0.3) is 0 Å². The molecule has 0 aliphatic carbocycles. The standard InChI is InChI=1S/C23H28Cl2N2O4S/c1-30-20-11-16-7-10-27(14-17(16)12-21(20)31-2)23(15-5-8-26-9-6-15)32(28,29)22-13-18(24)3-4-19(22)25/h3-4,11-13,15,23,26H,5-10,14H2,1-2H3. The van der Waals surface area contributed by atoms with Crippen LogP contribution >= 0.6 is 23.2 Å². The van der Waals surface area contributed by atoms with Crippen LogP contribution in [-0.2, 0) is 22.8 Å². The van der Waals surface area contributed by atoms with E-state index in [2.05, 4.69) is 10.2 Å². The number of piperidine rings is 1. The van der Waals surface area contributed by atoms with Gasteiger partial charge >= 0.3 is 0 Å². The fraction of sp³-hybridized carbons (Fsp3) is 0.478. The van der Waals surface area contributed by atoms with E-state index in [-0.39, 0.29) is 15.8 Å². The van der Waals surface area contributed by atoms with Crippen molar-refractivity contribution in [2.75, 3.05) is 33.9 Å². The molecule has 1 unspecified atom stereocenters. The van der Waals surface area contributed by atoms with Crippen LogP contribution in [0, 0.1) is 5.92 Å². The Bertz CT molecular complexity index is 1090. The molecule has 0 amide bonds. The largest absolute Gasteiger partial charge is 0.493 e. The molecule has 0 saturated carbocycles. The highest BCUT2D eigenvalue weighted by Crippen LogP contribution is 2.38. The first-order chi connectivity index (χ1) is 15.3. The van der Waals surface area contributed by atoms with E-state index in [0.717, 1.165) is 43.5 Å². The highest BCUT2D eigenvalue weighted by molar-refractivity contribution is 7.92. The fourth-order valence-corrected chi connectivity index (χ4v) is 7.74. The Labute approximate surface area is 199 Å². The van der Waals surface area contributed by atoms with Crippen LogP contribution in [0.5, 0.6) is 11.5 Å². The normalized spacial score (nSPS) is 18.8. The summed E-state index contributed by atoms with van der Waals surface area (Å²) in [6.45, 7) is 2.75. The molecule has 0 aromatic heterocycles. The quantitative estimate of drug-likeness (QED) is 0.644. The van der Waals surface area contributed by atoms with Crippen LogP contribution in [-0.4, -0.2) is 52.5 Å². The molecule has 2 aliphatic rings. The zero-order chi connectivity index (χ0) is 22.9. The molecule has 4 rings (SSSR count). The first-order valence-electron chi connectivity index (χ1n) is 10.7. The van der Waals surface area contributed by atoms with Crippen molar-refractivity contribution in [1.29, 1.82) is 0 Å². The molecule has 2 heterocycles. The van der Waals surface area contributed by atoms with Crippen LogP contribution in [0.3, 0.4) is 0 Å². The summed E-state index contributed by atoms with van der Waals surface area (Å²) in [4.78, 5) is 2.19. The van der Waals surface area contributed by atoms with Crippen molar-refractivity contribution in [1.82, 2.24) is 10.2 Å². The summed E-state index contributed by atoms with van der Waals surface area (Å²) < 4.78 is 38.9. The predicted molar refractivity (Wildman–Crippen MR) is 127 cm³/mol. The van der Waals surface area contributed by atoms with Crippen LogP contribution in [0.2, 0.25) is 10.0 Å². The second-order valence-electron chi connectivity index (χ2n) is 8.29. The third-order valence-corrected chi connectivity index (χ3v) is 9.36. The molecule has 9 heteroatoms. The van der Waals surface area contributed by atoms with Gasteiger partial charge in [-0.1, -0.05) is 23.2 Å². The minimum absolute atomic E-state index is 0.00186. The maximum atomic E-state index is 14.0. The van der Waals surface area contributed by atoms with E-state index >= 15 is 0 Å². The number of hydrogen-bond donors (Lipinski definition) is 1. The van der Waals surface area contributed by atoms with E-state index in [0.29, 0.717) is 29.6 Å². The van der Waals surface area contributed by atoms with E-state index in [4.69, 9.17) is 32.7 Å². The van der Waals surface area contributed by atoms with E-state index in [1.54, 1.807) is 26.4 Å². The molecule has 1 fully saturated rings. The number of fused-ring (bicyclic) bond motifs is 1. The molecule has 0 bridgehead atoms. The lowest BCUT2D eigenvalue weighted by Crippen LogP contribution is -2.50. The average molecular weight is 499 g/mol. The summed E-state index contributed by atoms with van der Waals surface area (Å²) in [7, 11) is -0.534. The van der Waals surface area contributed by atoms with Gasteiger partial charge in [0.25, 0.3) is 0 Å². The van der Waals surface area contributed by atoms with Crippen molar-refractivity contribution in [3.8, 4) is 11.5 Å². The first-order valence-corrected chi connectivity index (χ1v) is 13.0. The topological polar surface area (TPSA) is 67.9 Å². The van der Waals surface area contributed by atoms with Crippen molar-refractivity contribution in [2.24, 2.45) is 5.92 Å². The third-order valence-electron chi connectivity index (χ3n) is 6.41. The van der Waals surface area contributed by atoms with E-state index < -0.39 is 15.2 Å². The number of nitrogens with one attached hydrogen (secondary N) is 1. The number of hydrogen-bond acceptors (Lipinski definition) is 6. The predicted octanol–water partition coefficient (Wildman–Crippen LogP) is 4.17. The third kappa shape index (κ3) is 4.59. The lowest BCUT2D eigenvalue weighted by molar-refractivity contribution is 0.159. The van der Waals surface area contributed by atoms with Gasteiger partial charge in [-0.3, -0.25) is 4.90 Å². The van der Waals surface area contributed by atoms with Gasteiger partial charge < -0.3 is 14.8 Å². The van der Waals surface area contributed by atoms with Gasteiger partial charge in [0.15, 0.2) is 21.3 Å². The second kappa shape index (κ2) is 9.77. The van der Waals surface area contributed by atoms with Gasteiger partial charge in [-0.25, -0.2) is 8.42 Å². The molecule has 1 atom stereocenters. The first kappa shape index (κ1) is 23.6. The Balaban J connectivity index is 1.74. The molecular formula is C23H28Cl2N2O4S. The Morgan fingerprint density at radius 3 is 2.34 bits per heavy atom. The second-order valence-corrected chi connectivity index (χ2v) is 11.2. The molecule has 2 aliphatic heterocycles. The van der Waals surface area contributed by atoms with E-state index in [1.165, 1.54) is 6.07 Å². The van der Waals surface area contributed by atoms with Gasteiger partial charge in [0.05, 0.1) is 24.1 Å². The van der Waals surface area contributed by atoms with Gasteiger partial charge in [-0.2, -0.15) is 0 Å². The summed E-state index contributed by atoms with van der Waals surface area (Å²) in [6, 6.07) is 8.59. The molecule has 1 saturated heterocycles. The summed E-state index contributed by atoms with van der Waals surface area (Å²) in [6.07, 6.45) is 2.31. The summed E-state index contributed by atoms with van der Waals surface area (Å²) in [5, 5.41) is 3.22. The monoisotopic (exact) mass is 498 g/mol. The maximum absolute atomic E-state index is 14.0. The molecule has 32 heavy (non-hydrogen) atoms. The number of methoxy groups -OCH3 is 2. The van der Waals surface area contributed by atoms with Gasteiger partial charge in [0.1, 0.15) is 5.37 Å². The van der Waals surface area contributed by atoms with Crippen molar-refractivity contribution in [3.63, 3.8) is 0 Å². The number of nitrogens with zero attached hydrogens (tertiary/aromatic N) is 1. The van der Waals surface area contributed by atoms with Crippen molar-refractivity contribution in [2.45, 2.75) is 36.1 Å². The highest BCUT2D eigenvalue weighted by atomic mass is 35.5.